The zero-order valence-corrected chi connectivity index (χ0v) is 11.6. The zero-order valence-electron chi connectivity index (χ0n) is 11.6. The highest BCUT2D eigenvalue weighted by molar-refractivity contribution is 5.44. The molecule has 1 fully saturated rings. The Bertz CT molecular complexity index is 456. The first-order valence-corrected chi connectivity index (χ1v) is 6.85. The summed E-state index contributed by atoms with van der Waals surface area (Å²) in [6.07, 6.45) is 5.18. The molecule has 1 heteroatoms. The van der Waals surface area contributed by atoms with E-state index in [1.54, 1.807) is 7.11 Å². The van der Waals surface area contributed by atoms with E-state index >= 15 is 0 Å². The Morgan fingerprint density at radius 1 is 1.17 bits per heavy atom. The van der Waals surface area contributed by atoms with Gasteiger partial charge in [-0.05, 0) is 56.2 Å². The normalized spacial score (nSPS) is 23.1. The Morgan fingerprint density at radius 3 is 2.56 bits per heavy atom. The van der Waals surface area contributed by atoms with Crippen molar-refractivity contribution in [3.05, 3.63) is 29.3 Å². The number of hydrogen-bond donors (Lipinski definition) is 0. The second-order valence-electron chi connectivity index (χ2n) is 5.41. The fourth-order valence-corrected chi connectivity index (χ4v) is 2.49. The predicted molar refractivity (Wildman–Crippen MR) is 75.7 cm³/mol. The molecule has 0 N–H and O–H groups in total. The molecular formula is C17H22O. The second-order valence-corrected chi connectivity index (χ2v) is 5.41. The first-order chi connectivity index (χ1) is 8.69. The van der Waals surface area contributed by atoms with E-state index in [2.05, 4.69) is 37.8 Å². The van der Waals surface area contributed by atoms with Crippen LogP contribution in [0.25, 0.3) is 0 Å². The molecule has 1 aromatic rings. The summed E-state index contributed by atoms with van der Waals surface area (Å²) in [5.41, 5.74) is 2.23. The predicted octanol–water partition coefficient (Wildman–Crippen LogP) is 4.18. The van der Waals surface area contributed by atoms with Crippen LogP contribution in [0.4, 0.5) is 0 Å². The first-order valence-electron chi connectivity index (χ1n) is 6.85. The maximum atomic E-state index is 5.32. The zero-order chi connectivity index (χ0) is 13.0. The molecule has 2 rings (SSSR count). The third-order valence-corrected chi connectivity index (χ3v) is 3.84. The van der Waals surface area contributed by atoms with Crippen molar-refractivity contribution in [1.29, 1.82) is 0 Å². The minimum Gasteiger partial charge on any atom is -0.496 e. The van der Waals surface area contributed by atoms with Crippen molar-refractivity contribution in [1.82, 2.24) is 0 Å². The molecule has 0 unspecified atom stereocenters. The topological polar surface area (TPSA) is 9.23 Å². The van der Waals surface area contributed by atoms with Crippen LogP contribution in [0.3, 0.4) is 0 Å². The van der Waals surface area contributed by atoms with Crippen LogP contribution in [0.5, 0.6) is 5.75 Å². The number of aryl methyl sites for hydroxylation is 1. The Hall–Kier alpha value is -1.42. The molecule has 0 aliphatic heterocycles. The molecule has 0 bridgehead atoms. The molecule has 0 spiro atoms. The van der Waals surface area contributed by atoms with Gasteiger partial charge in [-0.25, -0.2) is 0 Å². The van der Waals surface area contributed by atoms with E-state index in [9.17, 15) is 0 Å². The smallest absolute Gasteiger partial charge is 0.123 e. The van der Waals surface area contributed by atoms with E-state index in [-0.39, 0.29) is 0 Å². The van der Waals surface area contributed by atoms with Crippen LogP contribution in [-0.2, 0) is 0 Å². The van der Waals surface area contributed by atoms with Gasteiger partial charge in [-0.2, -0.15) is 0 Å². The molecule has 1 aliphatic carbocycles. The van der Waals surface area contributed by atoms with E-state index in [0.29, 0.717) is 5.92 Å². The monoisotopic (exact) mass is 242 g/mol. The molecule has 0 heterocycles. The number of rotatable bonds is 1. The summed E-state index contributed by atoms with van der Waals surface area (Å²) in [7, 11) is 1.71. The van der Waals surface area contributed by atoms with Crippen LogP contribution in [0, 0.1) is 30.6 Å². The van der Waals surface area contributed by atoms with Gasteiger partial charge in [-0.15, -0.1) is 0 Å². The van der Waals surface area contributed by atoms with Gasteiger partial charge in [-0.3, -0.25) is 0 Å². The summed E-state index contributed by atoms with van der Waals surface area (Å²) in [6.45, 7) is 4.40. The van der Waals surface area contributed by atoms with Gasteiger partial charge in [0.2, 0.25) is 0 Å². The van der Waals surface area contributed by atoms with Crippen molar-refractivity contribution in [2.45, 2.75) is 39.5 Å². The Morgan fingerprint density at radius 2 is 1.89 bits per heavy atom. The first kappa shape index (κ1) is 13.0. The summed E-state index contributed by atoms with van der Waals surface area (Å²) >= 11 is 0. The molecule has 0 amide bonds. The lowest BCUT2D eigenvalue weighted by Crippen LogP contribution is -2.10. The highest BCUT2D eigenvalue weighted by atomic mass is 16.5. The van der Waals surface area contributed by atoms with Gasteiger partial charge >= 0.3 is 0 Å². The second kappa shape index (κ2) is 5.96. The number of methoxy groups -OCH3 is 1. The lowest BCUT2D eigenvalue weighted by Gasteiger charge is -2.21. The summed E-state index contributed by atoms with van der Waals surface area (Å²) in [6, 6.07) is 6.19. The van der Waals surface area contributed by atoms with Crippen molar-refractivity contribution in [2.75, 3.05) is 7.11 Å². The summed E-state index contributed by atoms with van der Waals surface area (Å²) in [4.78, 5) is 0. The Kier molecular flexibility index (Phi) is 4.31. The summed E-state index contributed by atoms with van der Waals surface area (Å²) in [5, 5.41) is 0. The van der Waals surface area contributed by atoms with Crippen LogP contribution in [0.15, 0.2) is 18.2 Å². The minimum atomic E-state index is 0.591. The molecule has 0 radical (unpaired) electrons. The summed E-state index contributed by atoms with van der Waals surface area (Å²) in [5.74, 6) is 9.14. The largest absolute Gasteiger partial charge is 0.496 e. The highest BCUT2D eigenvalue weighted by Gasteiger charge is 2.15. The van der Waals surface area contributed by atoms with Crippen LogP contribution in [0.1, 0.15) is 43.7 Å². The Balaban J connectivity index is 2.05. The fraction of sp³-hybridized carbons (Fsp3) is 0.529. The van der Waals surface area contributed by atoms with Crippen molar-refractivity contribution >= 4 is 0 Å². The van der Waals surface area contributed by atoms with Gasteiger partial charge in [-0.1, -0.05) is 24.8 Å². The van der Waals surface area contributed by atoms with Crippen LogP contribution in [-0.4, -0.2) is 7.11 Å². The number of hydrogen-bond acceptors (Lipinski definition) is 1. The quantitative estimate of drug-likeness (QED) is 0.671. The van der Waals surface area contributed by atoms with Gasteiger partial charge in [0.1, 0.15) is 5.75 Å². The van der Waals surface area contributed by atoms with Crippen molar-refractivity contribution in [2.24, 2.45) is 11.8 Å². The number of ether oxygens (including phenoxy) is 1. The molecular weight excluding hydrogens is 220 g/mol. The third-order valence-electron chi connectivity index (χ3n) is 3.84. The molecule has 1 aliphatic rings. The van der Waals surface area contributed by atoms with Crippen molar-refractivity contribution < 1.29 is 4.74 Å². The van der Waals surface area contributed by atoms with Gasteiger partial charge in [0, 0.05) is 11.5 Å². The van der Waals surface area contributed by atoms with Crippen LogP contribution in [0.2, 0.25) is 0 Å². The fourth-order valence-electron chi connectivity index (χ4n) is 2.49. The molecule has 18 heavy (non-hydrogen) atoms. The van der Waals surface area contributed by atoms with E-state index in [4.69, 9.17) is 4.74 Å². The lowest BCUT2D eigenvalue weighted by molar-refractivity contribution is 0.337. The molecule has 96 valence electrons. The molecule has 1 nitrogen and oxygen atoms in total. The standard InChI is InChI=1S/C17H22O/c1-13-4-7-15(8-5-13)10-11-16-9-6-14(2)17(12-16)18-3/h6,9,12-13,15H,4-5,7-8H2,1-3H3. The molecule has 0 atom stereocenters. The van der Waals surface area contributed by atoms with Crippen LogP contribution < -0.4 is 4.74 Å². The van der Waals surface area contributed by atoms with E-state index < -0.39 is 0 Å². The molecule has 1 aromatic carbocycles. The van der Waals surface area contributed by atoms with Gasteiger partial charge in [0.15, 0.2) is 0 Å². The van der Waals surface area contributed by atoms with Gasteiger partial charge < -0.3 is 4.74 Å². The van der Waals surface area contributed by atoms with E-state index in [1.807, 2.05) is 6.07 Å². The maximum Gasteiger partial charge on any atom is 0.123 e. The highest BCUT2D eigenvalue weighted by Crippen LogP contribution is 2.27. The molecule has 1 saturated carbocycles. The Labute approximate surface area is 111 Å². The SMILES string of the molecule is COc1cc(C#CC2CCC(C)CC2)ccc1C. The van der Waals surface area contributed by atoms with Crippen molar-refractivity contribution in [3.8, 4) is 17.6 Å². The van der Waals surface area contributed by atoms with Gasteiger partial charge in [0.05, 0.1) is 7.11 Å². The minimum absolute atomic E-state index is 0.591. The lowest BCUT2D eigenvalue weighted by atomic mass is 9.83. The third kappa shape index (κ3) is 3.29. The average Bonchev–Trinajstić information content (AvgIpc) is 2.39. The van der Waals surface area contributed by atoms with E-state index in [0.717, 1.165) is 22.8 Å². The molecule has 0 saturated heterocycles. The maximum absolute atomic E-state index is 5.32. The summed E-state index contributed by atoms with van der Waals surface area (Å²) < 4.78 is 5.32. The van der Waals surface area contributed by atoms with Crippen molar-refractivity contribution in [3.63, 3.8) is 0 Å². The molecule has 0 aromatic heterocycles. The van der Waals surface area contributed by atoms with Gasteiger partial charge in [0.25, 0.3) is 0 Å². The van der Waals surface area contributed by atoms with E-state index in [1.165, 1.54) is 25.7 Å². The number of benzene rings is 1. The van der Waals surface area contributed by atoms with Crippen LogP contribution >= 0.6 is 0 Å². The average molecular weight is 242 g/mol.